The second kappa shape index (κ2) is 5.25. The average Bonchev–Trinajstić information content (AvgIpc) is 2.90. The highest BCUT2D eigenvalue weighted by Crippen LogP contribution is 2.06. The molecule has 2 aromatic heterocycles. The first-order chi connectivity index (χ1) is 8.31. The monoisotopic (exact) mass is 231 g/mol. The summed E-state index contributed by atoms with van der Waals surface area (Å²) >= 11 is 0. The fourth-order valence-corrected chi connectivity index (χ4v) is 1.33. The first-order valence-corrected chi connectivity index (χ1v) is 5.42. The second-order valence-electron chi connectivity index (χ2n) is 3.51. The summed E-state index contributed by atoms with van der Waals surface area (Å²) in [5.74, 6) is 0.381. The molecule has 0 fully saturated rings. The Hall–Kier alpha value is -2.17. The van der Waals surface area contributed by atoms with Crippen LogP contribution in [0.5, 0.6) is 0 Å². The van der Waals surface area contributed by atoms with Crippen LogP contribution in [0.2, 0.25) is 0 Å². The van der Waals surface area contributed by atoms with Gasteiger partial charge in [-0.15, -0.1) is 0 Å². The molecule has 0 spiro atoms. The number of esters is 1. The van der Waals surface area contributed by atoms with Gasteiger partial charge in [0.05, 0.1) is 12.2 Å². The summed E-state index contributed by atoms with van der Waals surface area (Å²) in [4.78, 5) is 19.6. The van der Waals surface area contributed by atoms with Crippen molar-refractivity contribution in [2.24, 2.45) is 0 Å². The summed E-state index contributed by atoms with van der Waals surface area (Å²) in [5, 5.41) is 0. The van der Waals surface area contributed by atoms with E-state index in [1.54, 1.807) is 35.4 Å². The molecule has 0 aliphatic carbocycles. The van der Waals surface area contributed by atoms with E-state index in [1.807, 2.05) is 6.92 Å². The molecule has 17 heavy (non-hydrogen) atoms. The van der Waals surface area contributed by atoms with Gasteiger partial charge in [0, 0.05) is 18.6 Å². The highest BCUT2D eigenvalue weighted by Gasteiger charge is 2.07. The smallest absolute Gasteiger partial charge is 0.339 e. The summed E-state index contributed by atoms with van der Waals surface area (Å²) < 4.78 is 6.77. The van der Waals surface area contributed by atoms with Gasteiger partial charge in [-0.2, -0.15) is 0 Å². The van der Waals surface area contributed by atoms with Crippen molar-refractivity contribution in [1.82, 2.24) is 14.5 Å². The van der Waals surface area contributed by atoms with E-state index in [0.717, 1.165) is 12.2 Å². The number of pyridine rings is 1. The van der Waals surface area contributed by atoms with E-state index >= 15 is 0 Å². The molecule has 0 radical (unpaired) electrons. The Bertz CT molecular complexity index is 477. The van der Waals surface area contributed by atoms with E-state index in [4.69, 9.17) is 4.74 Å². The van der Waals surface area contributed by atoms with Crippen LogP contribution >= 0.6 is 0 Å². The summed E-state index contributed by atoms with van der Waals surface area (Å²) in [7, 11) is 0. The van der Waals surface area contributed by atoms with E-state index in [-0.39, 0.29) is 5.97 Å². The number of nitrogens with zero attached hydrogens (tertiary/aromatic N) is 3. The number of hydrogen-bond donors (Lipinski definition) is 0. The third-order valence-electron chi connectivity index (χ3n) is 2.19. The van der Waals surface area contributed by atoms with E-state index in [0.29, 0.717) is 12.2 Å². The molecule has 0 bridgehead atoms. The lowest BCUT2D eigenvalue weighted by molar-refractivity contribution is 0.0504. The van der Waals surface area contributed by atoms with Gasteiger partial charge in [0.25, 0.3) is 0 Å². The van der Waals surface area contributed by atoms with Gasteiger partial charge in [-0.3, -0.25) is 4.57 Å². The topological polar surface area (TPSA) is 57.0 Å². The third-order valence-corrected chi connectivity index (χ3v) is 2.19. The minimum atomic E-state index is -0.337. The van der Waals surface area contributed by atoms with Gasteiger partial charge in [-0.1, -0.05) is 6.92 Å². The Morgan fingerprint density at radius 2 is 2.35 bits per heavy atom. The Kier molecular flexibility index (Phi) is 3.49. The zero-order valence-corrected chi connectivity index (χ0v) is 9.54. The fourth-order valence-electron chi connectivity index (χ4n) is 1.33. The maximum atomic E-state index is 11.5. The van der Waals surface area contributed by atoms with Crippen LogP contribution in [-0.2, 0) is 4.74 Å². The van der Waals surface area contributed by atoms with E-state index in [1.165, 1.54) is 6.20 Å². The molecule has 0 unspecified atom stereocenters. The molecule has 0 aromatic carbocycles. The van der Waals surface area contributed by atoms with Gasteiger partial charge in [0.15, 0.2) is 0 Å². The molecular weight excluding hydrogens is 218 g/mol. The van der Waals surface area contributed by atoms with Gasteiger partial charge in [0.1, 0.15) is 12.1 Å². The number of hydrogen-bond acceptors (Lipinski definition) is 4. The van der Waals surface area contributed by atoms with Gasteiger partial charge < -0.3 is 4.74 Å². The highest BCUT2D eigenvalue weighted by atomic mass is 16.5. The molecule has 0 saturated heterocycles. The van der Waals surface area contributed by atoms with E-state index < -0.39 is 0 Å². The lowest BCUT2D eigenvalue weighted by atomic mass is 10.3. The van der Waals surface area contributed by atoms with Crippen molar-refractivity contribution in [3.05, 3.63) is 42.6 Å². The minimum absolute atomic E-state index is 0.337. The predicted molar refractivity (Wildman–Crippen MR) is 61.9 cm³/mol. The Morgan fingerprint density at radius 1 is 1.47 bits per heavy atom. The molecule has 0 N–H and O–H groups in total. The van der Waals surface area contributed by atoms with Gasteiger partial charge in [0.2, 0.25) is 0 Å². The molecule has 0 aliphatic heterocycles. The molecule has 0 saturated carbocycles. The molecule has 0 aliphatic rings. The average molecular weight is 231 g/mol. The number of carbonyl (C=O) groups is 1. The minimum Gasteiger partial charge on any atom is -0.462 e. The standard InChI is InChI=1S/C12H13N3O2/c1-2-7-17-12(16)10-3-4-11(14-8-10)15-6-5-13-9-15/h3-6,8-9H,2,7H2,1H3. The summed E-state index contributed by atoms with van der Waals surface area (Å²) in [5.41, 5.74) is 0.460. The van der Waals surface area contributed by atoms with Crippen LogP contribution in [0, 0.1) is 0 Å². The SMILES string of the molecule is CCCOC(=O)c1ccc(-n2ccnc2)nc1. The molecule has 5 heteroatoms. The van der Waals surface area contributed by atoms with Crippen molar-refractivity contribution in [2.45, 2.75) is 13.3 Å². The molecule has 5 nitrogen and oxygen atoms in total. The van der Waals surface area contributed by atoms with Gasteiger partial charge in [-0.05, 0) is 18.6 Å². The summed E-state index contributed by atoms with van der Waals surface area (Å²) in [6, 6.07) is 3.45. The Labute approximate surface area is 99.1 Å². The zero-order valence-electron chi connectivity index (χ0n) is 9.54. The normalized spacial score (nSPS) is 10.2. The summed E-state index contributed by atoms with van der Waals surface area (Å²) in [6.45, 7) is 2.38. The molecule has 2 aromatic rings. The number of aromatic nitrogens is 3. The lowest BCUT2D eigenvalue weighted by Gasteiger charge is -2.04. The van der Waals surface area contributed by atoms with Crippen LogP contribution in [0.1, 0.15) is 23.7 Å². The van der Waals surface area contributed by atoms with Crippen LogP contribution in [0.4, 0.5) is 0 Å². The molecule has 0 amide bonds. The molecule has 0 atom stereocenters. The first-order valence-electron chi connectivity index (χ1n) is 5.42. The van der Waals surface area contributed by atoms with Crippen molar-refractivity contribution in [3.8, 4) is 5.82 Å². The van der Waals surface area contributed by atoms with Crippen molar-refractivity contribution in [2.75, 3.05) is 6.61 Å². The number of carbonyl (C=O) groups excluding carboxylic acids is 1. The van der Waals surface area contributed by atoms with E-state index in [2.05, 4.69) is 9.97 Å². The van der Waals surface area contributed by atoms with Crippen LogP contribution in [0.25, 0.3) is 5.82 Å². The highest BCUT2D eigenvalue weighted by molar-refractivity contribution is 5.89. The number of imidazole rings is 1. The molecule has 2 rings (SSSR count). The zero-order chi connectivity index (χ0) is 12.1. The largest absolute Gasteiger partial charge is 0.462 e. The van der Waals surface area contributed by atoms with Crippen molar-refractivity contribution in [3.63, 3.8) is 0 Å². The molecule has 2 heterocycles. The Balaban J connectivity index is 2.10. The lowest BCUT2D eigenvalue weighted by Crippen LogP contribution is -2.07. The van der Waals surface area contributed by atoms with Crippen LogP contribution < -0.4 is 0 Å². The van der Waals surface area contributed by atoms with Crippen molar-refractivity contribution in [1.29, 1.82) is 0 Å². The van der Waals surface area contributed by atoms with Crippen molar-refractivity contribution >= 4 is 5.97 Å². The maximum Gasteiger partial charge on any atom is 0.339 e. The fraction of sp³-hybridized carbons (Fsp3) is 0.250. The second-order valence-corrected chi connectivity index (χ2v) is 3.51. The van der Waals surface area contributed by atoms with Crippen LogP contribution in [0.3, 0.4) is 0 Å². The van der Waals surface area contributed by atoms with Crippen LogP contribution in [0.15, 0.2) is 37.1 Å². The number of ether oxygens (including phenoxy) is 1. The molecular formula is C12H13N3O2. The quantitative estimate of drug-likeness (QED) is 0.753. The maximum absolute atomic E-state index is 11.5. The van der Waals surface area contributed by atoms with Crippen molar-refractivity contribution < 1.29 is 9.53 Å². The van der Waals surface area contributed by atoms with Crippen LogP contribution in [-0.4, -0.2) is 27.1 Å². The third kappa shape index (κ3) is 2.69. The summed E-state index contributed by atoms with van der Waals surface area (Å²) in [6.07, 6.45) is 7.43. The first kappa shape index (κ1) is 11.3. The molecule has 88 valence electrons. The van der Waals surface area contributed by atoms with Gasteiger partial charge >= 0.3 is 5.97 Å². The Morgan fingerprint density at radius 3 is 2.94 bits per heavy atom. The van der Waals surface area contributed by atoms with E-state index in [9.17, 15) is 4.79 Å². The van der Waals surface area contributed by atoms with Gasteiger partial charge in [-0.25, -0.2) is 14.8 Å². The predicted octanol–water partition coefficient (Wildman–Crippen LogP) is 1.83. The number of rotatable bonds is 4.